The van der Waals surface area contributed by atoms with Crippen molar-refractivity contribution in [2.24, 2.45) is 0 Å². The van der Waals surface area contributed by atoms with Crippen LogP contribution in [0.3, 0.4) is 0 Å². The Labute approximate surface area is 163 Å². The number of nitrogens with zero attached hydrogens (tertiary/aromatic N) is 1. The zero-order chi connectivity index (χ0) is 19.8. The van der Waals surface area contributed by atoms with Crippen molar-refractivity contribution in [3.63, 3.8) is 0 Å². The number of hydrogen-bond acceptors (Lipinski definition) is 5. The number of carbonyl (C=O) groups excluding carboxylic acids is 1. The van der Waals surface area contributed by atoms with Crippen LogP contribution in [-0.4, -0.2) is 43.9 Å². The molecule has 0 aromatic heterocycles. The zero-order valence-electron chi connectivity index (χ0n) is 15.9. The van der Waals surface area contributed by atoms with Crippen LogP contribution in [0.4, 0.5) is 10.5 Å². The summed E-state index contributed by atoms with van der Waals surface area (Å²) in [6.07, 6.45) is -0.505. The summed E-state index contributed by atoms with van der Waals surface area (Å²) in [7, 11) is 1.53. The van der Waals surface area contributed by atoms with Crippen molar-refractivity contribution in [1.29, 1.82) is 0 Å². The fraction of sp³-hybridized carbons (Fsp3) is 0.450. The molecule has 0 aliphatic carbocycles. The SMILES string of the molecule is COCOc1c(Cl)c2c(c3ccccc13)[C@H](CO)CN2C(=O)OC(C)(C)C. The molecule has 1 aliphatic heterocycles. The minimum absolute atomic E-state index is 0.0262. The highest BCUT2D eigenvalue weighted by molar-refractivity contribution is 6.37. The predicted molar refractivity (Wildman–Crippen MR) is 105 cm³/mol. The second-order valence-electron chi connectivity index (χ2n) is 7.47. The van der Waals surface area contributed by atoms with E-state index in [4.69, 9.17) is 25.8 Å². The van der Waals surface area contributed by atoms with E-state index in [1.54, 1.807) is 20.8 Å². The number of rotatable bonds is 4. The summed E-state index contributed by atoms with van der Waals surface area (Å²) < 4.78 is 16.3. The van der Waals surface area contributed by atoms with Crippen molar-refractivity contribution >= 4 is 34.2 Å². The second-order valence-corrected chi connectivity index (χ2v) is 7.85. The Bertz CT molecular complexity index is 862. The molecule has 0 fully saturated rings. The van der Waals surface area contributed by atoms with Crippen LogP contribution >= 0.6 is 11.6 Å². The van der Waals surface area contributed by atoms with Crippen LogP contribution in [0.5, 0.6) is 5.75 Å². The third-order valence-corrected chi connectivity index (χ3v) is 4.71. The lowest BCUT2D eigenvalue weighted by Crippen LogP contribution is -2.36. The number of carbonyl (C=O) groups is 1. The summed E-state index contributed by atoms with van der Waals surface area (Å²) >= 11 is 6.69. The van der Waals surface area contributed by atoms with E-state index in [2.05, 4.69) is 0 Å². The standard InChI is InChI=1S/C20H24ClNO5/c1-20(2,3)27-19(24)22-9-12(10-23)15-13-7-5-6-8-14(13)18(26-11-25-4)16(21)17(15)22/h5-8,12,23H,9-11H2,1-4H3/t12-/m0/s1. The van der Waals surface area contributed by atoms with Crippen molar-refractivity contribution in [3.05, 3.63) is 34.9 Å². The van der Waals surface area contributed by atoms with Crippen LogP contribution in [0.2, 0.25) is 5.02 Å². The van der Waals surface area contributed by atoms with E-state index in [-0.39, 0.29) is 25.9 Å². The average Bonchev–Trinajstić information content (AvgIpc) is 3.00. The minimum Gasteiger partial charge on any atom is -0.465 e. The molecule has 1 atom stereocenters. The molecule has 0 radical (unpaired) electrons. The van der Waals surface area contributed by atoms with Gasteiger partial charge in [-0.05, 0) is 31.7 Å². The topological polar surface area (TPSA) is 68.2 Å². The number of benzene rings is 2. The van der Waals surface area contributed by atoms with Gasteiger partial charge in [-0.3, -0.25) is 4.90 Å². The number of aliphatic hydroxyl groups is 1. The van der Waals surface area contributed by atoms with Gasteiger partial charge in [0.05, 0.1) is 12.3 Å². The smallest absolute Gasteiger partial charge is 0.414 e. The summed E-state index contributed by atoms with van der Waals surface area (Å²) in [5.74, 6) is 0.186. The van der Waals surface area contributed by atoms with E-state index < -0.39 is 11.7 Å². The minimum atomic E-state index is -0.646. The van der Waals surface area contributed by atoms with Crippen LogP contribution in [0.15, 0.2) is 24.3 Å². The molecule has 1 N–H and O–H groups in total. The van der Waals surface area contributed by atoms with Crippen molar-refractivity contribution in [1.82, 2.24) is 0 Å². The van der Waals surface area contributed by atoms with Crippen LogP contribution in [0, 0.1) is 0 Å². The van der Waals surface area contributed by atoms with Crippen LogP contribution in [-0.2, 0) is 9.47 Å². The van der Waals surface area contributed by atoms with Crippen LogP contribution in [0.1, 0.15) is 32.3 Å². The van der Waals surface area contributed by atoms with Crippen molar-refractivity contribution in [2.75, 3.05) is 32.0 Å². The summed E-state index contributed by atoms with van der Waals surface area (Å²) in [4.78, 5) is 14.3. The quantitative estimate of drug-likeness (QED) is 0.784. The molecule has 2 aromatic rings. The van der Waals surface area contributed by atoms with Gasteiger partial charge in [-0.15, -0.1) is 0 Å². The Morgan fingerprint density at radius 2 is 1.96 bits per heavy atom. The molecule has 1 heterocycles. The lowest BCUT2D eigenvalue weighted by Gasteiger charge is -2.26. The molecule has 1 amide bonds. The lowest BCUT2D eigenvalue weighted by molar-refractivity contribution is 0.0523. The van der Waals surface area contributed by atoms with E-state index >= 15 is 0 Å². The van der Waals surface area contributed by atoms with Crippen molar-refractivity contribution in [3.8, 4) is 5.75 Å². The summed E-state index contributed by atoms with van der Waals surface area (Å²) in [5.41, 5.74) is 0.705. The van der Waals surface area contributed by atoms with Gasteiger partial charge < -0.3 is 19.3 Å². The number of amides is 1. The first-order valence-electron chi connectivity index (χ1n) is 8.75. The third kappa shape index (κ3) is 3.70. The highest BCUT2D eigenvalue weighted by Crippen LogP contribution is 2.51. The number of aliphatic hydroxyl groups excluding tert-OH is 1. The number of ether oxygens (including phenoxy) is 3. The van der Waals surface area contributed by atoms with E-state index in [1.165, 1.54) is 12.0 Å². The van der Waals surface area contributed by atoms with Gasteiger partial charge in [-0.25, -0.2) is 4.79 Å². The fourth-order valence-corrected chi connectivity index (χ4v) is 3.72. The highest BCUT2D eigenvalue weighted by atomic mass is 35.5. The maximum Gasteiger partial charge on any atom is 0.414 e. The Balaban J connectivity index is 2.21. The highest BCUT2D eigenvalue weighted by Gasteiger charge is 2.39. The Kier molecular flexibility index (Phi) is 5.51. The number of anilines is 1. The monoisotopic (exact) mass is 393 g/mol. The molecule has 0 bridgehead atoms. The molecular formula is C20H24ClNO5. The molecule has 0 unspecified atom stereocenters. The maximum atomic E-state index is 12.8. The molecule has 146 valence electrons. The first-order chi connectivity index (χ1) is 12.8. The summed E-state index contributed by atoms with van der Waals surface area (Å²) in [6.45, 7) is 5.63. The van der Waals surface area contributed by atoms with Crippen molar-refractivity contribution < 1.29 is 24.1 Å². The predicted octanol–water partition coefficient (Wildman–Crippen LogP) is 4.31. The van der Waals surface area contributed by atoms with Gasteiger partial charge in [-0.1, -0.05) is 35.9 Å². The molecular weight excluding hydrogens is 370 g/mol. The van der Waals surface area contributed by atoms with Gasteiger partial charge in [0, 0.05) is 25.0 Å². The van der Waals surface area contributed by atoms with E-state index in [1.807, 2.05) is 24.3 Å². The summed E-state index contributed by atoms with van der Waals surface area (Å²) in [6, 6.07) is 7.63. The molecule has 0 spiro atoms. The van der Waals surface area contributed by atoms with Crippen LogP contribution in [0.25, 0.3) is 10.8 Å². The average molecular weight is 394 g/mol. The zero-order valence-corrected chi connectivity index (χ0v) is 16.7. The number of methoxy groups -OCH3 is 1. The molecule has 27 heavy (non-hydrogen) atoms. The first-order valence-corrected chi connectivity index (χ1v) is 9.13. The van der Waals surface area contributed by atoms with E-state index in [9.17, 15) is 9.90 Å². The molecule has 0 saturated heterocycles. The molecule has 0 saturated carbocycles. The van der Waals surface area contributed by atoms with Gasteiger partial charge in [0.2, 0.25) is 0 Å². The molecule has 6 nitrogen and oxygen atoms in total. The van der Waals surface area contributed by atoms with Gasteiger partial charge in [0.25, 0.3) is 0 Å². The van der Waals surface area contributed by atoms with E-state index in [0.717, 1.165) is 16.3 Å². The van der Waals surface area contributed by atoms with Gasteiger partial charge in [0.15, 0.2) is 12.5 Å². The van der Waals surface area contributed by atoms with Gasteiger partial charge in [0.1, 0.15) is 10.6 Å². The molecule has 1 aliphatic rings. The Hall–Kier alpha value is -2.02. The third-order valence-electron chi connectivity index (χ3n) is 4.36. The second kappa shape index (κ2) is 7.54. The normalized spacial score (nSPS) is 16.5. The number of fused-ring (bicyclic) bond motifs is 3. The van der Waals surface area contributed by atoms with Crippen molar-refractivity contribution in [2.45, 2.75) is 32.3 Å². The Morgan fingerprint density at radius 3 is 2.56 bits per heavy atom. The fourth-order valence-electron chi connectivity index (χ4n) is 3.36. The Morgan fingerprint density at radius 1 is 1.30 bits per heavy atom. The van der Waals surface area contributed by atoms with E-state index in [0.29, 0.717) is 16.5 Å². The molecule has 3 rings (SSSR count). The van der Waals surface area contributed by atoms with Gasteiger partial charge >= 0.3 is 6.09 Å². The first kappa shape index (κ1) is 19.7. The van der Waals surface area contributed by atoms with Gasteiger partial charge in [-0.2, -0.15) is 0 Å². The maximum absolute atomic E-state index is 12.8. The molecule has 2 aromatic carbocycles. The number of halogens is 1. The largest absolute Gasteiger partial charge is 0.465 e. The van der Waals surface area contributed by atoms with Crippen LogP contribution < -0.4 is 9.64 Å². The summed E-state index contributed by atoms with van der Waals surface area (Å²) in [5, 5.41) is 11.9. The number of hydrogen-bond donors (Lipinski definition) is 1. The lowest BCUT2D eigenvalue weighted by atomic mass is 9.94. The molecule has 7 heteroatoms.